The summed E-state index contributed by atoms with van der Waals surface area (Å²) in [6.07, 6.45) is 0. The minimum Gasteiger partial charge on any atom is -0.618 e. The minimum absolute atomic E-state index is 0.0185. The van der Waals surface area contributed by atoms with Gasteiger partial charge in [0.1, 0.15) is 17.9 Å². The molecular weight excluding hydrogens is 423 g/mol. The number of carbonyl (C=O) groups excluding carboxylic acids is 2. The van der Waals surface area contributed by atoms with E-state index in [-0.39, 0.29) is 32.3 Å². The van der Waals surface area contributed by atoms with Crippen LogP contribution in [0.15, 0.2) is 36.4 Å². The summed E-state index contributed by atoms with van der Waals surface area (Å²) in [4.78, 5) is 28.7. The van der Waals surface area contributed by atoms with Crippen molar-refractivity contribution in [3.8, 4) is 5.75 Å². The van der Waals surface area contributed by atoms with Gasteiger partial charge in [0.2, 0.25) is 5.52 Å². The summed E-state index contributed by atoms with van der Waals surface area (Å²) in [6.45, 7) is -0.437. The normalized spacial score (nSPS) is 10.6. The standard InChI is InChI=1S/C19H14Cl2N2O6/c1-27-11-5-3-10(4-6-11)18(24)29-9-15-17(19(25)28-2)23(26)16-8-13(21)12(20)7-14(16)22-15/h3-8H,9H2,1-2H3. The average Bonchev–Trinajstić information content (AvgIpc) is 2.73. The number of halogens is 2. The SMILES string of the molecule is COC(=O)c1c(COC(=O)c2ccc(OC)cc2)nc2cc(Cl)c(Cl)cc2[n+]1[O-]. The molecule has 0 aliphatic rings. The monoisotopic (exact) mass is 436 g/mol. The number of hydrogen-bond acceptors (Lipinski definition) is 7. The largest absolute Gasteiger partial charge is 0.618 e. The van der Waals surface area contributed by atoms with Crippen LogP contribution in [0.25, 0.3) is 11.0 Å². The van der Waals surface area contributed by atoms with Crippen LogP contribution in [-0.4, -0.2) is 31.1 Å². The molecule has 0 saturated heterocycles. The van der Waals surface area contributed by atoms with Gasteiger partial charge in [-0.15, -0.1) is 0 Å². The van der Waals surface area contributed by atoms with Crippen molar-refractivity contribution in [1.29, 1.82) is 0 Å². The molecule has 2 aromatic carbocycles. The van der Waals surface area contributed by atoms with Crippen molar-refractivity contribution in [2.24, 2.45) is 0 Å². The Morgan fingerprint density at radius 3 is 2.34 bits per heavy atom. The Kier molecular flexibility index (Phi) is 6.05. The summed E-state index contributed by atoms with van der Waals surface area (Å²) in [5, 5.41) is 13.0. The summed E-state index contributed by atoms with van der Waals surface area (Å²) in [5.74, 6) is -1.03. The molecule has 0 bridgehead atoms. The highest BCUT2D eigenvalue weighted by atomic mass is 35.5. The van der Waals surface area contributed by atoms with E-state index in [4.69, 9.17) is 32.7 Å². The number of aromatic nitrogens is 2. The van der Waals surface area contributed by atoms with E-state index < -0.39 is 24.2 Å². The summed E-state index contributed by atoms with van der Waals surface area (Å²) < 4.78 is 15.2. The Balaban J connectivity index is 1.97. The molecule has 0 spiro atoms. The predicted octanol–water partition coefficient (Wildman–Crippen LogP) is 3.33. The molecule has 0 N–H and O–H groups in total. The van der Waals surface area contributed by atoms with Gasteiger partial charge in [-0.1, -0.05) is 23.2 Å². The summed E-state index contributed by atoms with van der Waals surface area (Å²) in [5.41, 5.74) is -0.0425. The van der Waals surface area contributed by atoms with E-state index in [1.165, 1.54) is 31.4 Å². The molecule has 0 aliphatic carbocycles. The number of benzene rings is 2. The van der Waals surface area contributed by atoms with E-state index in [1.807, 2.05) is 0 Å². The van der Waals surface area contributed by atoms with Gasteiger partial charge in [0.05, 0.1) is 29.8 Å². The van der Waals surface area contributed by atoms with E-state index in [2.05, 4.69) is 9.72 Å². The van der Waals surface area contributed by atoms with E-state index >= 15 is 0 Å². The molecule has 1 aromatic heterocycles. The summed E-state index contributed by atoms with van der Waals surface area (Å²) >= 11 is 11.9. The Hall–Kier alpha value is -3.10. The van der Waals surface area contributed by atoms with Crippen LogP contribution in [0.1, 0.15) is 26.5 Å². The number of hydrogen-bond donors (Lipinski definition) is 0. The van der Waals surface area contributed by atoms with Crippen molar-refractivity contribution in [2.75, 3.05) is 14.2 Å². The molecule has 0 aliphatic heterocycles. The summed E-state index contributed by atoms with van der Waals surface area (Å²) in [7, 11) is 2.62. The van der Waals surface area contributed by atoms with Crippen molar-refractivity contribution in [2.45, 2.75) is 6.61 Å². The Labute approximate surface area is 175 Å². The molecule has 0 saturated carbocycles. The smallest absolute Gasteiger partial charge is 0.406 e. The molecule has 8 nitrogen and oxygen atoms in total. The first-order valence-corrected chi connectivity index (χ1v) is 8.92. The van der Waals surface area contributed by atoms with Gasteiger partial charge in [-0.2, -0.15) is 4.73 Å². The Bertz CT molecular complexity index is 1100. The van der Waals surface area contributed by atoms with E-state index in [9.17, 15) is 14.8 Å². The van der Waals surface area contributed by atoms with E-state index in [1.54, 1.807) is 12.1 Å². The highest BCUT2D eigenvalue weighted by Gasteiger charge is 2.28. The highest BCUT2D eigenvalue weighted by molar-refractivity contribution is 6.42. The van der Waals surface area contributed by atoms with Crippen molar-refractivity contribution < 1.29 is 28.5 Å². The molecule has 0 fully saturated rings. The van der Waals surface area contributed by atoms with Gasteiger partial charge in [-0.05, 0) is 30.3 Å². The number of nitrogens with zero attached hydrogens (tertiary/aromatic N) is 2. The molecule has 29 heavy (non-hydrogen) atoms. The van der Waals surface area contributed by atoms with Gasteiger partial charge in [0.25, 0.3) is 0 Å². The first-order valence-electron chi connectivity index (χ1n) is 8.16. The summed E-state index contributed by atoms with van der Waals surface area (Å²) in [6, 6.07) is 8.91. The van der Waals surface area contributed by atoms with Crippen molar-refractivity contribution in [3.63, 3.8) is 0 Å². The van der Waals surface area contributed by atoms with Crippen LogP contribution in [0.4, 0.5) is 0 Å². The maximum absolute atomic E-state index is 12.7. The van der Waals surface area contributed by atoms with Crippen LogP contribution in [0.5, 0.6) is 5.75 Å². The molecule has 0 unspecified atom stereocenters. The van der Waals surface area contributed by atoms with Crippen LogP contribution in [-0.2, 0) is 16.1 Å². The fourth-order valence-corrected chi connectivity index (χ4v) is 2.87. The molecule has 10 heteroatoms. The zero-order valence-electron chi connectivity index (χ0n) is 15.3. The lowest BCUT2D eigenvalue weighted by atomic mass is 10.2. The van der Waals surface area contributed by atoms with Gasteiger partial charge < -0.3 is 19.4 Å². The number of rotatable bonds is 5. The predicted molar refractivity (Wildman–Crippen MR) is 104 cm³/mol. The Morgan fingerprint density at radius 1 is 1.07 bits per heavy atom. The van der Waals surface area contributed by atoms with Gasteiger partial charge in [0.15, 0.2) is 5.69 Å². The maximum atomic E-state index is 12.7. The number of fused-ring (bicyclic) bond motifs is 1. The number of esters is 2. The van der Waals surface area contributed by atoms with Gasteiger partial charge in [-0.25, -0.2) is 14.6 Å². The fourth-order valence-electron chi connectivity index (χ4n) is 2.56. The quantitative estimate of drug-likeness (QED) is 0.343. The maximum Gasteiger partial charge on any atom is 0.406 e. The second kappa shape index (κ2) is 8.50. The first kappa shape index (κ1) is 20.6. The number of methoxy groups -OCH3 is 2. The zero-order chi connectivity index (χ0) is 21.1. The van der Waals surface area contributed by atoms with Crippen molar-refractivity contribution >= 4 is 46.2 Å². The van der Waals surface area contributed by atoms with Gasteiger partial charge in [0, 0.05) is 6.07 Å². The minimum atomic E-state index is -0.934. The second-order valence-corrected chi connectivity index (χ2v) is 6.57. The zero-order valence-corrected chi connectivity index (χ0v) is 16.8. The molecule has 0 radical (unpaired) electrons. The van der Waals surface area contributed by atoms with Crippen molar-refractivity contribution in [1.82, 2.24) is 4.98 Å². The molecule has 150 valence electrons. The molecule has 0 atom stereocenters. The first-order chi connectivity index (χ1) is 13.8. The lowest BCUT2D eigenvalue weighted by Crippen LogP contribution is -2.38. The molecule has 0 amide bonds. The molecule has 3 aromatic rings. The number of carbonyl (C=O) groups is 2. The second-order valence-electron chi connectivity index (χ2n) is 5.75. The average molecular weight is 437 g/mol. The van der Waals surface area contributed by atoms with Gasteiger partial charge in [-0.3, -0.25) is 0 Å². The third kappa shape index (κ3) is 4.18. The topological polar surface area (TPSA) is 102 Å². The molecule has 3 rings (SSSR count). The molecule has 1 heterocycles. The van der Waals surface area contributed by atoms with Crippen LogP contribution in [0, 0.1) is 5.21 Å². The van der Waals surface area contributed by atoms with Crippen molar-refractivity contribution in [3.05, 3.63) is 68.6 Å². The van der Waals surface area contributed by atoms with Crippen LogP contribution in [0.2, 0.25) is 10.0 Å². The highest BCUT2D eigenvalue weighted by Crippen LogP contribution is 2.26. The molecular formula is C19H14Cl2N2O6. The van der Waals surface area contributed by atoms with Gasteiger partial charge >= 0.3 is 17.6 Å². The van der Waals surface area contributed by atoms with E-state index in [0.717, 1.165) is 7.11 Å². The number of ether oxygens (including phenoxy) is 3. The lowest BCUT2D eigenvalue weighted by molar-refractivity contribution is -0.581. The van der Waals surface area contributed by atoms with E-state index in [0.29, 0.717) is 10.5 Å². The third-order valence-electron chi connectivity index (χ3n) is 4.01. The third-order valence-corrected chi connectivity index (χ3v) is 4.73. The lowest BCUT2D eigenvalue weighted by Gasteiger charge is -2.11. The Morgan fingerprint density at radius 2 is 1.72 bits per heavy atom. The van der Waals surface area contributed by atoms with Crippen LogP contribution < -0.4 is 9.47 Å². The van der Waals surface area contributed by atoms with Crippen LogP contribution in [0.3, 0.4) is 0 Å². The van der Waals surface area contributed by atoms with Crippen LogP contribution >= 0.6 is 23.2 Å². The fraction of sp³-hybridized carbons (Fsp3) is 0.158.